The lowest BCUT2D eigenvalue weighted by Crippen LogP contribution is -2.27. The van der Waals surface area contributed by atoms with Crippen LogP contribution in [0.1, 0.15) is 12.5 Å². The zero-order valence-electron chi connectivity index (χ0n) is 10.1. The van der Waals surface area contributed by atoms with Crippen molar-refractivity contribution in [3.05, 3.63) is 27.3 Å². The molecule has 0 aromatic heterocycles. The summed E-state index contributed by atoms with van der Waals surface area (Å²) >= 11 is 2.29. The van der Waals surface area contributed by atoms with E-state index in [2.05, 4.69) is 47.1 Å². The topological polar surface area (TPSA) is 41.1 Å². The summed E-state index contributed by atoms with van der Waals surface area (Å²) in [5.74, 6) is 0.635. The molecule has 1 saturated heterocycles. The third-order valence-electron chi connectivity index (χ3n) is 3.29. The number of hydrogen-bond acceptors (Lipinski definition) is 2. The Balaban J connectivity index is 2.05. The summed E-state index contributed by atoms with van der Waals surface area (Å²) in [6.45, 7) is 5.90. The normalized spacial score (nSPS) is 23.7. The smallest absolute Gasteiger partial charge is 0.229 e. The maximum absolute atomic E-state index is 12.1. The number of hydrogen-bond donors (Lipinski definition) is 2. The van der Waals surface area contributed by atoms with Crippen molar-refractivity contribution in [3.8, 4) is 0 Å². The predicted octanol–water partition coefficient (Wildman–Crippen LogP) is 2.39. The van der Waals surface area contributed by atoms with Crippen LogP contribution in [0.3, 0.4) is 0 Å². The van der Waals surface area contributed by atoms with Gasteiger partial charge in [-0.3, -0.25) is 4.79 Å². The minimum atomic E-state index is 0.0916. The number of nitrogens with one attached hydrogen (secondary N) is 2. The van der Waals surface area contributed by atoms with Crippen molar-refractivity contribution in [2.45, 2.75) is 13.8 Å². The molecule has 1 aromatic carbocycles. The highest BCUT2D eigenvalue weighted by Crippen LogP contribution is 2.21. The average molecular weight is 344 g/mol. The molecular weight excluding hydrogens is 327 g/mol. The molecule has 3 nitrogen and oxygen atoms in total. The second-order valence-corrected chi connectivity index (χ2v) is 5.86. The number of amides is 1. The molecule has 1 fully saturated rings. The largest absolute Gasteiger partial charge is 0.326 e. The van der Waals surface area contributed by atoms with Gasteiger partial charge in [0.1, 0.15) is 0 Å². The van der Waals surface area contributed by atoms with Crippen molar-refractivity contribution in [1.82, 2.24) is 5.32 Å². The molecule has 0 radical (unpaired) electrons. The number of aryl methyl sites for hydroxylation is 1. The highest BCUT2D eigenvalue weighted by atomic mass is 127. The first-order valence-electron chi connectivity index (χ1n) is 5.85. The van der Waals surface area contributed by atoms with E-state index in [9.17, 15) is 4.79 Å². The van der Waals surface area contributed by atoms with Crippen LogP contribution in [0.25, 0.3) is 0 Å². The van der Waals surface area contributed by atoms with E-state index in [1.807, 2.05) is 18.2 Å². The van der Waals surface area contributed by atoms with Gasteiger partial charge in [-0.2, -0.15) is 0 Å². The summed E-state index contributed by atoms with van der Waals surface area (Å²) in [5.41, 5.74) is 2.13. The molecule has 1 aromatic rings. The fraction of sp³-hybridized carbons (Fsp3) is 0.462. The van der Waals surface area contributed by atoms with E-state index in [1.54, 1.807) is 0 Å². The summed E-state index contributed by atoms with van der Waals surface area (Å²) in [7, 11) is 0. The van der Waals surface area contributed by atoms with E-state index in [-0.39, 0.29) is 11.8 Å². The Labute approximate surface area is 116 Å². The van der Waals surface area contributed by atoms with E-state index < -0.39 is 0 Å². The predicted molar refractivity (Wildman–Crippen MR) is 78.0 cm³/mol. The van der Waals surface area contributed by atoms with Crippen LogP contribution < -0.4 is 10.6 Å². The highest BCUT2D eigenvalue weighted by molar-refractivity contribution is 14.1. The Morgan fingerprint density at radius 2 is 2.24 bits per heavy atom. The highest BCUT2D eigenvalue weighted by Gasteiger charge is 2.29. The second-order valence-electron chi connectivity index (χ2n) is 4.70. The molecule has 2 rings (SSSR count). The molecule has 1 aliphatic rings. The van der Waals surface area contributed by atoms with Gasteiger partial charge in [0.25, 0.3) is 0 Å². The van der Waals surface area contributed by atoms with E-state index in [4.69, 9.17) is 0 Å². The van der Waals surface area contributed by atoms with E-state index in [1.165, 1.54) is 9.13 Å². The monoisotopic (exact) mass is 344 g/mol. The number of anilines is 1. The van der Waals surface area contributed by atoms with Crippen molar-refractivity contribution in [2.24, 2.45) is 11.8 Å². The van der Waals surface area contributed by atoms with Crippen LogP contribution in [0.2, 0.25) is 0 Å². The zero-order valence-corrected chi connectivity index (χ0v) is 12.2. The maximum atomic E-state index is 12.1. The fourth-order valence-corrected chi connectivity index (χ4v) is 2.58. The lowest BCUT2D eigenvalue weighted by molar-refractivity contribution is -0.120. The average Bonchev–Trinajstić information content (AvgIpc) is 2.70. The first-order chi connectivity index (χ1) is 8.08. The number of benzene rings is 1. The molecule has 0 unspecified atom stereocenters. The van der Waals surface area contributed by atoms with Gasteiger partial charge in [-0.25, -0.2) is 0 Å². The molecule has 2 N–H and O–H groups in total. The van der Waals surface area contributed by atoms with E-state index in [0.717, 1.165) is 18.8 Å². The lowest BCUT2D eigenvalue weighted by atomic mass is 9.97. The van der Waals surface area contributed by atoms with Gasteiger partial charge in [-0.15, -0.1) is 0 Å². The zero-order chi connectivity index (χ0) is 12.4. The summed E-state index contributed by atoms with van der Waals surface area (Å²) in [5, 5.41) is 6.25. The SMILES string of the molecule is Cc1ccc(NC(=O)[C@@H]2CNC[C@H]2C)cc1I. The van der Waals surface area contributed by atoms with Crippen LogP contribution >= 0.6 is 22.6 Å². The Hall–Kier alpha value is -0.620. The standard InChI is InChI=1S/C13H17IN2O/c1-8-3-4-10(5-12(8)14)16-13(17)11-7-15-6-9(11)2/h3-5,9,11,15H,6-7H2,1-2H3,(H,16,17)/t9-,11-/m1/s1. The van der Waals surface area contributed by atoms with Crippen molar-refractivity contribution >= 4 is 34.2 Å². The molecule has 4 heteroatoms. The summed E-state index contributed by atoms with van der Waals surface area (Å²) < 4.78 is 1.18. The third-order valence-corrected chi connectivity index (χ3v) is 4.46. The molecule has 0 aliphatic carbocycles. The first kappa shape index (κ1) is 12.8. The number of rotatable bonds is 2. The molecule has 0 bridgehead atoms. The fourth-order valence-electron chi connectivity index (χ4n) is 2.07. The van der Waals surface area contributed by atoms with Gasteiger partial charge >= 0.3 is 0 Å². The van der Waals surface area contributed by atoms with Gasteiger partial charge in [0.2, 0.25) is 5.91 Å². The van der Waals surface area contributed by atoms with Gasteiger partial charge in [-0.05, 0) is 59.7 Å². The first-order valence-corrected chi connectivity index (χ1v) is 6.93. The molecule has 17 heavy (non-hydrogen) atoms. The quantitative estimate of drug-likeness (QED) is 0.809. The molecule has 1 amide bonds. The Bertz CT molecular complexity index is 433. The maximum Gasteiger partial charge on any atom is 0.229 e. The summed E-state index contributed by atoms with van der Waals surface area (Å²) in [6, 6.07) is 6.01. The molecule has 92 valence electrons. The second kappa shape index (κ2) is 5.35. The molecule has 1 heterocycles. The van der Waals surface area contributed by atoms with Crippen molar-refractivity contribution in [1.29, 1.82) is 0 Å². The van der Waals surface area contributed by atoms with Crippen molar-refractivity contribution in [3.63, 3.8) is 0 Å². The van der Waals surface area contributed by atoms with Crippen LogP contribution in [0.4, 0.5) is 5.69 Å². The molecular formula is C13H17IN2O. The Morgan fingerprint density at radius 1 is 1.47 bits per heavy atom. The van der Waals surface area contributed by atoms with Gasteiger partial charge in [0.05, 0.1) is 5.92 Å². The Kier molecular flexibility index (Phi) is 4.04. The van der Waals surface area contributed by atoms with Crippen LogP contribution in [0.15, 0.2) is 18.2 Å². The molecule has 0 spiro atoms. The van der Waals surface area contributed by atoms with Crippen LogP contribution in [-0.2, 0) is 4.79 Å². The minimum absolute atomic E-state index is 0.0916. The number of halogens is 1. The van der Waals surface area contributed by atoms with Crippen molar-refractivity contribution in [2.75, 3.05) is 18.4 Å². The van der Waals surface area contributed by atoms with Gasteiger partial charge < -0.3 is 10.6 Å². The van der Waals surface area contributed by atoms with Gasteiger partial charge in [-0.1, -0.05) is 13.0 Å². The summed E-state index contributed by atoms with van der Waals surface area (Å²) in [6.07, 6.45) is 0. The minimum Gasteiger partial charge on any atom is -0.326 e. The van der Waals surface area contributed by atoms with Crippen LogP contribution in [-0.4, -0.2) is 19.0 Å². The van der Waals surface area contributed by atoms with E-state index in [0.29, 0.717) is 5.92 Å². The Morgan fingerprint density at radius 3 is 2.82 bits per heavy atom. The third kappa shape index (κ3) is 2.98. The van der Waals surface area contributed by atoms with Gasteiger partial charge in [0.15, 0.2) is 0 Å². The van der Waals surface area contributed by atoms with E-state index >= 15 is 0 Å². The molecule has 1 aliphatic heterocycles. The number of carbonyl (C=O) groups excluding carboxylic acids is 1. The van der Waals surface area contributed by atoms with Crippen LogP contribution in [0.5, 0.6) is 0 Å². The summed E-state index contributed by atoms with van der Waals surface area (Å²) in [4.78, 5) is 12.1. The molecule has 0 saturated carbocycles. The van der Waals surface area contributed by atoms with Crippen LogP contribution in [0, 0.1) is 22.3 Å². The number of carbonyl (C=O) groups is 1. The van der Waals surface area contributed by atoms with Crippen molar-refractivity contribution < 1.29 is 4.79 Å². The molecule has 2 atom stereocenters. The van der Waals surface area contributed by atoms with Gasteiger partial charge in [0, 0.05) is 15.8 Å². The lowest BCUT2D eigenvalue weighted by Gasteiger charge is -2.14.